The van der Waals surface area contributed by atoms with Gasteiger partial charge in [0, 0.05) is 5.22 Å². The first-order valence-corrected chi connectivity index (χ1v) is 9.23. The van der Waals surface area contributed by atoms with Crippen LogP contribution in [0.15, 0.2) is 34.2 Å². The van der Waals surface area contributed by atoms with Gasteiger partial charge in [0.15, 0.2) is 17.2 Å². The SMILES string of the molecule is Cc1ccc(F)c(Oc2nc(=NC3CC3)n3nc/c(=C/c4[nH]c(=O)[nH]c4O)c3n2)c1. The predicted molar refractivity (Wildman–Crippen MR) is 102 cm³/mol. The average molecular weight is 409 g/mol. The lowest BCUT2D eigenvalue weighted by Crippen LogP contribution is -2.23. The number of hydrogen-bond acceptors (Lipinski definition) is 7. The number of imidazole rings is 1. The van der Waals surface area contributed by atoms with Gasteiger partial charge >= 0.3 is 11.7 Å². The van der Waals surface area contributed by atoms with Crippen molar-refractivity contribution < 1.29 is 14.2 Å². The van der Waals surface area contributed by atoms with Gasteiger partial charge < -0.3 is 14.8 Å². The molecule has 1 aromatic carbocycles. The van der Waals surface area contributed by atoms with Crippen molar-refractivity contribution in [1.29, 1.82) is 0 Å². The fourth-order valence-corrected chi connectivity index (χ4v) is 2.89. The molecule has 3 N–H and O–H groups in total. The van der Waals surface area contributed by atoms with E-state index in [4.69, 9.17) is 4.74 Å². The summed E-state index contributed by atoms with van der Waals surface area (Å²) in [5.74, 6) is -0.858. The van der Waals surface area contributed by atoms with Crippen LogP contribution in [0, 0.1) is 12.7 Å². The first kappa shape index (κ1) is 18.0. The largest absolute Gasteiger partial charge is 0.493 e. The van der Waals surface area contributed by atoms with Crippen molar-refractivity contribution >= 4 is 11.7 Å². The Kier molecular flexibility index (Phi) is 4.09. The maximum atomic E-state index is 14.2. The van der Waals surface area contributed by atoms with Crippen molar-refractivity contribution in [2.75, 3.05) is 0 Å². The Labute approximate surface area is 167 Å². The quantitative estimate of drug-likeness (QED) is 0.454. The number of aromatic hydroxyl groups is 1. The van der Waals surface area contributed by atoms with Crippen molar-refractivity contribution in [3.63, 3.8) is 0 Å². The fourth-order valence-electron chi connectivity index (χ4n) is 2.89. The van der Waals surface area contributed by atoms with E-state index in [1.54, 1.807) is 12.1 Å². The number of fused-ring (bicyclic) bond motifs is 1. The molecule has 0 bridgehead atoms. The molecule has 0 saturated heterocycles. The minimum Gasteiger partial charge on any atom is -0.493 e. The number of rotatable bonds is 4. The van der Waals surface area contributed by atoms with E-state index in [0.717, 1.165) is 18.4 Å². The van der Waals surface area contributed by atoms with Gasteiger partial charge in [-0.1, -0.05) is 6.07 Å². The second-order valence-corrected chi connectivity index (χ2v) is 7.02. The van der Waals surface area contributed by atoms with Gasteiger partial charge in [-0.05, 0) is 43.5 Å². The lowest BCUT2D eigenvalue weighted by Gasteiger charge is -2.06. The summed E-state index contributed by atoms with van der Waals surface area (Å²) in [6.07, 6.45) is 4.90. The summed E-state index contributed by atoms with van der Waals surface area (Å²) in [4.78, 5) is 29.3. The van der Waals surface area contributed by atoms with Gasteiger partial charge in [0.25, 0.3) is 5.62 Å². The third-order valence-electron chi connectivity index (χ3n) is 4.53. The zero-order valence-corrected chi connectivity index (χ0v) is 15.8. The molecule has 1 saturated carbocycles. The molecule has 0 amide bonds. The number of hydrogen-bond donors (Lipinski definition) is 3. The lowest BCUT2D eigenvalue weighted by atomic mass is 10.2. The average Bonchev–Trinajstić information content (AvgIpc) is 3.34. The van der Waals surface area contributed by atoms with Crippen LogP contribution in [0.5, 0.6) is 17.6 Å². The van der Waals surface area contributed by atoms with E-state index in [2.05, 4.69) is 30.0 Å². The summed E-state index contributed by atoms with van der Waals surface area (Å²) in [6, 6.07) is 4.55. The highest BCUT2D eigenvalue weighted by molar-refractivity contribution is 5.56. The van der Waals surface area contributed by atoms with Crippen molar-refractivity contribution in [1.82, 2.24) is 29.5 Å². The van der Waals surface area contributed by atoms with E-state index in [0.29, 0.717) is 10.9 Å². The number of aryl methyl sites for hydroxylation is 1. The van der Waals surface area contributed by atoms with Crippen molar-refractivity contribution in [3.8, 4) is 17.6 Å². The van der Waals surface area contributed by atoms with Gasteiger partial charge in [-0.15, -0.1) is 0 Å². The van der Waals surface area contributed by atoms with E-state index < -0.39 is 11.5 Å². The molecular formula is C19H16FN7O3. The Morgan fingerprint density at radius 2 is 2.17 bits per heavy atom. The summed E-state index contributed by atoms with van der Waals surface area (Å²) < 4.78 is 21.2. The Morgan fingerprint density at radius 3 is 2.90 bits per heavy atom. The highest BCUT2D eigenvalue weighted by Crippen LogP contribution is 2.24. The second-order valence-electron chi connectivity index (χ2n) is 7.02. The topological polar surface area (TPSA) is 134 Å². The third kappa shape index (κ3) is 3.41. The zero-order valence-electron chi connectivity index (χ0n) is 15.8. The highest BCUT2D eigenvalue weighted by Gasteiger charge is 2.21. The Bertz CT molecular complexity index is 1450. The van der Waals surface area contributed by atoms with Crippen LogP contribution in [0.3, 0.4) is 0 Å². The molecule has 0 unspecified atom stereocenters. The molecule has 3 aromatic heterocycles. The van der Waals surface area contributed by atoms with Crippen LogP contribution in [-0.2, 0) is 0 Å². The minimum absolute atomic E-state index is 0.00521. The van der Waals surface area contributed by atoms with Crippen molar-refractivity contribution in [2.24, 2.45) is 4.99 Å². The van der Waals surface area contributed by atoms with E-state index in [9.17, 15) is 14.3 Å². The van der Waals surface area contributed by atoms with Gasteiger partial charge in [-0.2, -0.15) is 19.6 Å². The molecule has 11 heteroatoms. The van der Waals surface area contributed by atoms with Crippen LogP contribution in [0.2, 0.25) is 0 Å². The number of H-pyrrole nitrogens is 2. The number of aromatic amines is 2. The summed E-state index contributed by atoms with van der Waals surface area (Å²) in [7, 11) is 0. The molecular weight excluding hydrogens is 393 g/mol. The molecule has 0 radical (unpaired) electrons. The molecule has 4 aromatic rings. The van der Waals surface area contributed by atoms with E-state index in [1.165, 1.54) is 22.9 Å². The number of nitrogens with one attached hydrogen (secondary N) is 2. The van der Waals surface area contributed by atoms with E-state index in [1.807, 2.05) is 6.92 Å². The summed E-state index contributed by atoms with van der Waals surface area (Å²) >= 11 is 0. The first-order valence-electron chi connectivity index (χ1n) is 9.23. The van der Waals surface area contributed by atoms with Crippen LogP contribution in [0.1, 0.15) is 24.1 Å². The standard InChI is InChI=1S/C19H16FN7O3/c1-9-2-5-12(20)14(6-9)30-19-24-15-10(7-13-16(28)25-18(29)23-13)8-21-27(15)17(26-19)22-11-3-4-11/h2,5-8,11,28H,3-4H2,1H3,(H2,23,25,29)/b10-7-,22-17?. The highest BCUT2D eigenvalue weighted by atomic mass is 19.1. The third-order valence-corrected chi connectivity index (χ3v) is 4.53. The molecule has 10 nitrogen and oxygen atoms in total. The summed E-state index contributed by atoms with van der Waals surface area (Å²) in [6.45, 7) is 1.82. The zero-order chi connectivity index (χ0) is 20.8. The van der Waals surface area contributed by atoms with Crippen molar-refractivity contribution in [2.45, 2.75) is 25.8 Å². The number of aromatic nitrogens is 6. The van der Waals surface area contributed by atoms with Crippen LogP contribution in [0.25, 0.3) is 11.7 Å². The Hall–Kier alpha value is -4.02. The van der Waals surface area contributed by atoms with Crippen molar-refractivity contribution in [3.05, 3.63) is 62.8 Å². The molecule has 0 spiro atoms. The molecule has 5 rings (SSSR count). The number of ether oxygens (including phenoxy) is 1. The van der Waals surface area contributed by atoms with Gasteiger partial charge in [-0.25, -0.2) is 14.2 Å². The first-order chi connectivity index (χ1) is 14.5. The van der Waals surface area contributed by atoms with Gasteiger partial charge in [0.2, 0.25) is 5.88 Å². The molecule has 152 valence electrons. The van der Waals surface area contributed by atoms with E-state index >= 15 is 0 Å². The molecule has 3 heterocycles. The number of halogens is 1. The Balaban J connectivity index is 1.69. The van der Waals surface area contributed by atoms with Gasteiger partial charge in [0.05, 0.1) is 12.2 Å². The molecule has 30 heavy (non-hydrogen) atoms. The normalized spacial score (nSPS) is 15.3. The lowest BCUT2D eigenvalue weighted by molar-refractivity contribution is 0.406. The molecule has 1 fully saturated rings. The molecule has 1 aliphatic carbocycles. The summed E-state index contributed by atoms with van der Waals surface area (Å²) in [5.41, 5.74) is 1.04. The monoisotopic (exact) mass is 409 g/mol. The smallest absolute Gasteiger partial charge is 0.327 e. The Morgan fingerprint density at radius 1 is 1.33 bits per heavy atom. The molecule has 1 aliphatic rings. The number of benzene rings is 1. The van der Waals surface area contributed by atoms with Crippen LogP contribution in [0.4, 0.5) is 4.39 Å². The molecule has 0 atom stereocenters. The van der Waals surface area contributed by atoms with Crippen LogP contribution < -0.4 is 21.3 Å². The van der Waals surface area contributed by atoms with E-state index in [-0.39, 0.29) is 35.0 Å². The maximum Gasteiger partial charge on any atom is 0.327 e. The minimum atomic E-state index is -0.548. The predicted octanol–water partition coefficient (Wildman–Crippen LogP) is 0.697. The fraction of sp³-hybridized carbons (Fsp3) is 0.211. The molecule has 0 aliphatic heterocycles. The maximum absolute atomic E-state index is 14.2. The number of nitrogens with zero attached hydrogens (tertiary/aromatic N) is 5. The second kappa shape index (κ2) is 6.79. The van der Waals surface area contributed by atoms with Gasteiger partial charge in [0.1, 0.15) is 5.69 Å². The van der Waals surface area contributed by atoms with Gasteiger partial charge in [-0.3, -0.25) is 4.98 Å². The van der Waals surface area contributed by atoms with Crippen LogP contribution >= 0.6 is 0 Å². The summed E-state index contributed by atoms with van der Waals surface area (Å²) in [5, 5.41) is 14.6. The van der Waals surface area contributed by atoms with Crippen LogP contribution in [-0.4, -0.2) is 40.7 Å².